The zero-order valence-electron chi connectivity index (χ0n) is 16.8. The lowest BCUT2D eigenvalue weighted by atomic mass is 9.83. The first-order chi connectivity index (χ1) is 12.5. The molecule has 1 aliphatic carbocycles. The summed E-state index contributed by atoms with van der Waals surface area (Å²) in [6.45, 7) is 8.57. The summed E-state index contributed by atoms with van der Waals surface area (Å²) in [5.74, 6) is 1.02. The fourth-order valence-corrected chi connectivity index (χ4v) is 5.08. The molecule has 4 nitrogen and oxygen atoms in total. The van der Waals surface area contributed by atoms with E-state index in [1.165, 1.54) is 17.5 Å². The topological polar surface area (TPSA) is 46.6 Å². The molecular weight excluding hydrogens is 346 g/mol. The molecule has 3 atom stereocenters. The van der Waals surface area contributed by atoms with Gasteiger partial charge in [0.05, 0.1) is 12.5 Å². The molecule has 3 unspecified atom stereocenters. The molecule has 0 radical (unpaired) electrons. The lowest BCUT2D eigenvalue weighted by molar-refractivity contribution is -0.149. The molecule has 1 aliphatic heterocycles. The molecule has 146 valence electrons. The van der Waals surface area contributed by atoms with Gasteiger partial charge >= 0.3 is 5.97 Å². The van der Waals surface area contributed by atoms with Gasteiger partial charge in [-0.3, -0.25) is 9.59 Å². The fourth-order valence-electron chi connectivity index (χ4n) is 4.40. The average Bonchev–Trinajstić information content (AvgIpc) is 3.11. The molecule has 5 heteroatoms. The van der Waals surface area contributed by atoms with Crippen molar-refractivity contribution in [1.82, 2.24) is 4.90 Å². The van der Waals surface area contributed by atoms with Crippen LogP contribution in [0.4, 0.5) is 0 Å². The standard InChI is InChI=1S/C21H33NO3S/c1-6-14-13-18(15-11-10-12-16(15)20(23)25-8-3)22(5)17(7-2)19(14)21(24)26-9-4/h13-16H,6-12H2,1-5H3. The van der Waals surface area contributed by atoms with E-state index in [-0.39, 0.29) is 28.8 Å². The van der Waals surface area contributed by atoms with Gasteiger partial charge in [-0.05, 0) is 38.4 Å². The van der Waals surface area contributed by atoms with Gasteiger partial charge < -0.3 is 9.64 Å². The van der Waals surface area contributed by atoms with Crippen molar-refractivity contribution in [3.63, 3.8) is 0 Å². The van der Waals surface area contributed by atoms with Crippen molar-refractivity contribution >= 4 is 22.8 Å². The second kappa shape index (κ2) is 9.63. The molecule has 0 aromatic heterocycles. The molecular formula is C21H33NO3S. The minimum Gasteiger partial charge on any atom is -0.466 e. The maximum atomic E-state index is 12.7. The van der Waals surface area contributed by atoms with Gasteiger partial charge in [-0.15, -0.1) is 0 Å². The summed E-state index contributed by atoms with van der Waals surface area (Å²) in [5, 5.41) is 0.201. The van der Waals surface area contributed by atoms with Crippen molar-refractivity contribution in [2.24, 2.45) is 17.8 Å². The third kappa shape index (κ3) is 4.19. The average molecular weight is 380 g/mol. The van der Waals surface area contributed by atoms with Crippen molar-refractivity contribution in [2.45, 2.75) is 59.8 Å². The maximum absolute atomic E-state index is 12.7. The Morgan fingerprint density at radius 1 is 1.23 bits per heavy atom. The first-order valence-corrected chi connectivity index (χ1v) is 11.0. The molecule has 0 saturated heterocycles. The molecule has 1 fully saturated rings. The zero-order valence-corrected chi connectivity index (χ0v) is 17.7. The van der Waals surface area contributed by atoms with Crippen LogP contribution in [-0.4, -0.2) is 35.4 Å². The van der Waals surface area contributed by atoms with Crippen LogP contribution in [0.2, 0.25) is 0 Å². The maximum Gasteiger partial charge on any atom is 0.309 e. The van der Waals surface area contributed by atoms with E-state index in [2.05, 4.69) is 31.9 Å². The van der Waals surface area contributed by atoms with Gasteiger partial charge in [-0.2, -0.15) is 0 Å². The van der Waals surface area contributed by atoms with Crippen molar-refractivity contribution in [1.29, 1.82) is 0 Å². The van der Waals surface area contributed by atoms with Gasteiger partial charge in [-0.1, -0.05) is 45.0 Å². The molecule has 2 rings (SSSR count). The van der Waals surface area contributed by atoms with Gasteiger partial charge in [0.15, 0.2) is 0 Å². The number of nitrogens with zero attached hydrogens (tertiary/aromatic N) is 1. The zero-order chi connectivity index (χ0) is 19.3. The second-order valence-corrected chi connectivity index (χ2v) is 8.23. The highest BCUT2D eigenvalue weighted by Crippen LogP contribution is 2.44. The smallest absolute Gasteiger partial charge is 0.309 e. The van der Waals surface area contributed by atoms with Gasteiger partial charge in [0.1, 0.15) is 0 Å². The Kier molecular flexibility index (Phi) is 7.81. The van der Waals surface area contributed by atoms with Crippen LogP contribution >= 0.6 is 11.8 Å². The van der Waals surface area contributed by atoms with Gasteiger partial charge in [0.2, 0.25) is 5.12 Å². The van der Waals surface area contributed by atoms with E-state index in [1.54, 1.807) is 0 Å². The monoisotopic (exact) mass is 379 g/mol. The number of hydrogen-bond donors (Lipinski definition) is 0. The molecule has 26 heavy (non-hydrogen) atoms. The van der Waals surface area contributed by atoms with Crippen molar-refractivity contribution < 1.29 is 14.3 Å². The Bertz CT molecular complexity index is 596. The van der Waals surface area contributed by atoms with E-state index < -0.39 is 0 Å². The number of carbonyl (C=O) groups excluding carboxylic acids is 2. The first kappa shape index (κ1) is 21.1. The van der Waals surface area contributed by atoms with E-state index >= 15 is 0 Å². The normalized spacial score (nSPS) is 26.1. The summed E-state index contributed by atoms with van der Waals surface area (Å²) in [4.78, 5) is 27.4. The van der Waals surface area contributed by atoms with Crippen LogP contribution in [-0.2, 0) is 14.3 Å². The fraction of sp³-hybridized carbons (Fsp3) is 0.714. The predicted octanol–water partition coefficient (Wildman–Crippen LogP) is 4.77. The lowest BCUT2D eigenvalue weighted by Gasteiger charge is -2.38. The van der Waals surface area contributed by atoms with E-state index in [0.717, 1.165) is 49.1 Å². The number of thioether (sulfide) groups is 1. The number of allylic oxidation sites excluding steroid dienone is 3. The largest absolute Gasteiger partial charge is 0.466 e. The van der Waals surface area contributed by atoms with E-state index in [0.29, 0.717) is 6.61 Å². The lowest BCUT2D eigenvalue weighted by Crippen LogP contribution is -2.34. The van der Waals surface area contributed by atoms with Gasteiger partial charge in [-0.25, -0.2) is 0 Å². The summed E-state index contributed by atoms with van der Waals surface area (Å²) in [6, 6.07) is 0. The van der Waals surface area contributed by atoms with Crippen LogP contribution in [0.5, 0.6) is 0 Å². The number of hydrogen-bond acceptors (Lipinski definition) is 5. The quantitative estimate of drug-likeness (QED) is 0.597. The summed E-state index contributed by atoms with van der Waals surface area (Å²) in [5.41, 5.74) is 3.29. The summed E-state index contributed by atoms with van der Waals surface area (Å²) in [6.07, 6.45) is 6.95. The number of ether oxygens (including phenoxy) is 1. The second-order valence-electron chi connectivity index (χ2n) is 7.00. The molecule has 0 bridgehead atoms. The van der Waals surface area contributed by atoms with Crippen molar-refractivity contribution in [3.8, 4) is 0 Å². The molecule has 0 amide bonds. The predicted molar refractivity (Wildman–Crippen MR) is 108 cm³/mol. The van der Waals surface area contributed by atoms with E-state index in [1.807, 2.05) is 13.8 Å². The molecule has 2 aliphatic rings. The third-order valence-electron chi connectivity index (χ3n) is 5.60. The van der Waals surface area contributed by atoms with Crippen LogP contribution in [0.15, 0.2) is 23.0 Å². The number of rotatable bonds is 7. The van der Waals surface area contributed by atoms with Gasteiger partial charge in [0.25, 0.3) is 0 Å². The Morgan fingerprint density at radius 3 is 2.54 bits per heavy atom. The van der Waals surface area contributed by atoms with E-state index in [9.17, 15) is 9.59 Å². The Balaban J connectivity index is 2.36. The van der Waals surface area contributed by atoms with Crippen LogP contribution < -0.4 is 0 Å². The van der Waals surface area contributed by atoms with Crippen LogP contribution in [0, 0.1) is 17.8 Å². The number of esters is 1. The summed E-state index contributed by atoms with van der Waals surface area (Å²) < 4.78 is 5.33. The molecule has 0 aromatic rings. The highest BCUT2D eigenvalue weighted by molar-refractivity contribution is 8.14. The molecule has 1 saturated carbocycles. The summed E-state index contributed by atoms with van der Waals surface area (Å²) >= 11 is 1.40. The first-order valence-electron chi connectivity index (χ1n) is 10.0. The Hall–Kier alpha value is -1.23. The van der Waals surface area contributed by atoms with Gasteiger partial charge in [0, 0.05) is 35.9 Å². The van der Waals surface area contributed by atoms with Crippen LogP contribution in [0.25, 0.3) is 0 Å². The highest BCUT2D eigenvalue weighted by Gasteiger charge is 2.40. The molecule has 0 N–H and O–H groups in total. The van der Waals surface area contributed by atoms with Crippen molar-refractivity contribution in [2.75, 3.05) is 19.4 Å². The highest BCUT2D eigenvalue weighted by atomic mass is 32.2. The Labute approximate surface area is 162 Å². The minimum absolute atomic E-state index is 0.0541. The molecule has 0 aromatic carbocycles. The minimum atomic E-state index is -0.0669. The SMILES string of the molecule is CCOC(=O)C1CCCC1C1=CC(CC)C(C(=O)SCC)=C(CC)N1C. The third-order valence-corrected chi connectivity index (χ3v) is 6.37. The Morgan fingerprint density at radius 2 is 1.96 bits per heavy atom. The molecule has 0 spiro atoms. The number of carbonyl (C=O) groups is 2. The van der Waals surface area contributed by atoms with Crippen LogP contribution in [0.3, 0.4) is 0 Å². The molecule has 1 heterocycles. The van der Waals surface area contributed by atoms with Crippen LogP contribution in [0.1, 0.15) is 59.8 Å². The summed E-state index contributed by atoms with van der Waals surface area (Å²) in [7, 11) is 2.06. The van der Waals surface area contributed by atoms with Crippen molar-refractivity contribution in [3.05, 3.63) is 23.0 Å². The van der Waals surface area contributed by atoms with E-state index in [4.69, 9.17) is 4.74 Å².